The molecule has 1 fully saturated rings. The highest BCUT2D eigenvalue weighted by Crippen LogP contribution is 2.32. The summed E-state index contributed by atoms with van der Waals surface area (Å²) < 4.78 is 21.7. The van der Waals surface area contributed by atoms with E-state index < -0.39 is 11.4 Å². The number of hydrogen-bond acceptors (Lipinski definition) is 7. The number of nitriles is 1. The number of hydrogen-bond donors (Lipinski definition) is 2. The van der Waals surface area contributed by atoms with Crippen molar-refractivity contribution in [3.8, 4) is 23.0 Å². The Labute approximate surface area is 195 Å². The van der Waals surface area contributed by atoms with E-state index in [1.807, 2.05) is 11.0 Å². The molecular weight excluding hydrogens is 439 g/mol. The Hall–Kier alpha value is -3.81. The Morgan fingerprint density at radius 2 is 2.18 bits per heavy atom. The van der Waals surface area contributed by atoms with Gasteiger partial charge < -0.3 is 20.1 Å². The van der Waals surface area contributed by atoms with Gasteiger partial charge in [0.2, 0.25) is 0 Å². The number of halogens is 1. The number of amides is 1. The molecule has 2 aliphatic heterocycles. The fraction of sp³-hybridized carbons (Fsp3) is 0.333. The van der Waals surface area contributed by atoms with Crippen LogP contribution in [0.1, 0.15) is 35.0 Å². The smallest absolute Gasteiger partial charge is 0.255 e. The second-order valence-corrected chi connectivity index (χ2v) is 8.72. The molecule has 0 unspecified atom stereocenters. The molecule has 10 heteroatoms. The lowest BCUT2D eigenvalue weighted by atomic mass is 9.91. The molecule has 0 bridgehead atoms. The minimum absolute atomic E-state index is 0.0819. The number of anilines is 1. The van der Waals surface area contributed by atoms with Gasteiger partial charge in [0, 0.05) is 25.9 Å². The zero-order valence-electron chi connectivity index (χ0n) is 18.7. The molecule has 1 saturated heterocycles. The van der Waals surface area contributed by atoms with Crippen molar-refractivity contribution in [1.82, 2.24) is 20.1 Å². The van der Waals surface area contributed by atoms with Gasteiger partial charge in [0.05, 0.1) is 59.0 Å². The molecule has 2 N–H and O–H groups in total. The van der Waals surface area contributed by atoms with E-state index in [0.29, 0.717) is 42.3 Å². The summed E-state index contributed by atoms with van der Waals surface area (Å²) in [5.74, 6) is -0.234. The van der Waals surface area contributed by atoms with E-state index in [2.05, 4.69) is 15.4 Å². The maximum atomic E-state index is 14.7. The van der Waals surface area contributed by atoms with Crippen LogP contribution in [0, 0.1) is 17.1 Å². The third-order valence-corrected chi connectivity index (χ3v) is 6.40. The molecule has 34 heavy (non-hydrogen) atoms. The number of methoxy groups -OCH3 is 1. The first-order valence-corrected chi connectivity index (χ1v) is 10.9. The monoisotopic (exact) mass is 462 g/mol. The molecule has 0 spiro atoms. The largest absolute Gasteiger partial charge is 0.386 e. The highest BCUT2D eigenvalue weighted by atomic mass is 19.1. The molecule has 2 aromatic heterocycles. The van der Waals surface area contributed by atoms with Crippen molar-refractivity contribution < 1.29 is 19.0 Å². The lowest BCUT2D eigenvalue weighted by Crippen LogP contribution is -2.56. The Balaban J connectivity index is 1.58. The molecule has 5 rings (SSSR count). The summed E-state index contributed by atoms with van der Waals surface area (Å²) in [5, 5.41) is 27.7. The molecule has 1 aromatic carbocycles. The van der Waals surface area contributed by atoms with Crippen molar-refractivity contribution >= 4 is 11.7 Å². The van der Waals surface area contributed by atoms with Crippen molar-refractivity contribution in [3.05, 3.63) is 59.2 Å². The third kappa shape index (κ3) is 3.59. The number of aromatic nitrogens is 3. The van der Waals surface area contributed by atoms with Crippen LogP contribution in [-0.2, 0) is 11.3 Å². The maximum absolute atomic E-state index is 14.7. The summed E-state index contributed by atoms with van der Waals surface area (Å²) in [4.78, 5) is 19.0. The molecule has 3 aromatic rings. The van der Waals surface area contributed by atoms with Crippen LogP contribution in [0.25, 0.3) is 16.9 Å². The highest BCUT2D eigenvalue weighted by molar-refractivity contribution is 6.01. The van der Waals surface area contributed by atoms with Crippen LogP contribution in [0.3, 0.4) is 0 Å². The number of pyridine rings is 1. The van der Waals surface area contributed by atoms with Crippen LogP contribution in [-0.4, -0.2) is 57.7 Å². The maximum Gasteiger partial charge on any atom is 0.255 e. The third-order valence-electron chi connectivity index (χ3n) is 6.40. The van der Waals surface area contributed by atoms with E-state index in [1.165, 1.54) is 18.2 Å². The normalized spacial score (nSPS) is 21.8. The van der Waals surface area contributed by atoms with Gasteiger partial charge in [-0.1, -0.05) is 6.07 Å². The van der Waals surface area contributed by atoms with Crippen LogP contribution in [0.5, 0.6) is 0 Å². The summed E-state index contributed by atoms with van der Waals surface area (Å²) in [6, 6.07) is 9.65. The van der Waals surface area contributed by atoms with Gasteiger partial charge >= 0.3 is 0 Å². The molecule has 2 atom stereocenters. The van der Waals surface area contributed by atoms with E-state index in [-0.39, 0.29) is 35.4 Å². The van der Waals surface area contributed by atoms with Gasteiger partial charge in [0.15, 0.2) is 5.82 Å². The summed E-state index contributed by atoms with van der Waals surface area (Å²) >= 11 is 0. The summed E-state index contributed by atoms with van der Waals surface area (Å²) in [6.45, 7) is 2.92. The standard InChI is InChI=1S/C24H23FN6O3/c1-24(33)13-30(8-6-19(24)34-2)20-7-9-31(29-20)18-10-16(28-17-12-27-23(32)22(17)18)21-14(11-26)4-3-5-15(21)25/h3-5,7,9-10,19,33H,6,8,12-13H2,1-2H3,(H,27,32)/t19-,24+/m0/s1. The predicted octanol–water partition coefficient (Wildman–Crippen LogP) is 2.16. The van der Waals surface area contributed by atoms with Gasteiger partial charge in [-0.05, 0) is 31.5 Å². The SMILES string of the molecule is CO[C@H]1CCN(c2ccn(-c3cc(-c4c(F)cccc4C#N)nc4c3C(=O)NC4)n2)C[C@@]1(C)O. The average molecular weight is 462 g/mol. The van der Waals surface area contributed by atoms with Crippen molar-refractivity contribution in [3.63, 3.8) is 0 Å². The molecule has 0 saturated carbocycles. The van der Waals surface area contributed by atoms with Crippen LogP contribution in [0.2, 0.25) is 0 Å². The minimum atomic E-state index is -1.04. The molecule has 0 aliphatic carbocycles. The summed E-state index contributed by atoms with van der Waals surface area (Å²) in [6.07, 6.45) is 2.08. The number of carbonyl (C=O) groups excluding carboxylic acids is 1. The first-order chi connectivity index (χ1) is 16.3. The number of nitrogens with one attached hydrogen (secondary N) is 1. The number of benzene rings is 1. The fourth-order valence-electron chi connectivity index (χ4n) is 4.73. The van der Waals surface area contributed by atoms with Crippen LogP contribution in [0.4, 0.5) is 10.2 Å². The zero-order chi connectivity index (χ0) is 24.0. The topological polar surface area (TPSA) is 116 Å². The average Bonchev–Trinajstić information content (AvgIpc) is 3.45. The number of piperidine rings is 1. The van der Waals surface area contributed by atoms with Crippen molar-refractivity contribution in [1.29, 1.82) is 5.26 Å². The number of β-amino-alcohol motifs (C(OH)–C–C–N with tert-alkyl or cyclic N) is 1. The van der Waals surface area contributed by atoms with Gasteiger partial charge in [-0.3, -0.25) is 4.79 Å². The predicted molar refractivity (Wildman–Crippen MR) is 121 cm³/mol. The van der Waals surface area contributed by atoms with E-state index in [1.54, 1.807) is 37.0 Å². The van der Waals surface area contributed by atoms with Crippen molar-refractivity contribution in [2.24, 2.45) is 0 Å². The minimum Gasteiger partial charge on any atom is -0.386 e. The molecule has 2 aliphatic rings. The Bertz CT molecular complexity index is 1330. The summed E-state index contributed by atoms with van der Waals surface area (Å²) in [5.41, 5.74) is 0.704. The molecule has 1 amide bonds. The molecule has 0 radical (unpaired) electrons. The molecular formula is C24H23FN6O3. The van der Waals surface area contributed by atoms with Gasteiger partial charge in [0.25, 0.3) is 5.91 Å². The van der Waals surface area contributed by atoms with Gasteiger partial charge in [-0.2, -0.15) is 10.4 Å². The number of nitrogens with zero attached hydrogens (tertiary/aromatic N) is 5. The van der Waals surface area contributed by atoms with Gasteiger partial charge in [-0.15, -0.1) is 0 Å². The first kappa shape index (κ1) is 22.0. The number of rotatable bonds is 4. The molecule has 4 heterocycles. The number of fused-ring (bicyclic) bond motifs is 1. The van der Waals surface area contributed by atoms with Crippen molar-refractivity contribution in [2.45, 2.75) is 31.6 Å². The summed E-state index contributed by atoms with van der Waals surface area (Å²) in [7, 11) is 1.59. The Morgan fingerprint density at radius 1 is 1.35 bits per heavy atom. The number of carbonyl (C=O) groups is 1. The molecule has 174 valence electrons. The zero-order valence-corrected chi connectivity index (χ0v) is 18.7. The fourth-order valence-corrected chi connectivity index (χ4v) is 4.73. The van der Waals surface area contributed by atoms with Crippen LogP contribution >= 0.6 is 0 Å². The number of aliphatic hydroxyl groups is 1. The van der Waals surface area contributed by atoms with Crippen molar-refractivity contribution in [2.75, 3.05) is 25.1 Å². The number of ether oxygens (including phenoxy) is 1. The Kier molecular flexibility index (Phi) is 5.31. The van der Waals surface area contributed by atoms with E-state index in [0.717, 1.165) is 0 Å². The second kappa shape index (κ2) is 8.20. The van der Waals surface area contributed by atoms with E-state index >= 15 is 0 Å². The lowest BCUT2D eigenvalue weighted by Gasteiger charge is -2.42. The molecule has 9 nitrogen and oxygen atoms in total. The van der Waals surface area contributed by atoms with E-state index in [4.69, 9.17) is 4.74 Å². The Morgan fingerprint density at radius 3 is 2.91 bits per heavy atom. The van der Waals surface area contributed by atoms with Gasteiger partial charge in [-0.25, -0.2) is 14.1 Å². The highest BCUT2D eigenvalue weighted by Gasteiger charge is 2.39. The lowest BCUT2D eigenvalue weighted by molar-refractivity contribution is -0.0891. The van der Waals surface area contributed by atoms with Crippen LogP contribution < -0.4 is 10.2 Å². The first-order valence-electron chi connectivity index (χ1n) is 10.9. The second-order valence-electron chi connectivity index (χ2n) is 8.72. The quantitative estimate of drug-likeness (QED) is 0.610. The van der Waals surface area contributed by atoms with E-state index in [9.17, 15) is 19.6 Å². The van der Waals surface area contributed by atoms with Gasteiger partial charge in [0.1, 0.15) is 11.4 Å². The van der Waals surface area contributed by atoms with Crippen LogP contribution in [0.15, 0.2) is 36.5 Å².